The van der Waals surface area contributed by atoms with Crippen LogP contribution in [-0.2, 0) is 11.0 Å². The topological polar surface area (TPSA) is 70.1 Å². The zero-order valence-electron chi connectivity index (χ0n) is 20.4. The minimum absolute atomic E-state index is 0.0835. The molecule has 1 fully saturated rings. The van der Waals surface area contributed by atoms with Crippen LogP contribution in [-0.4, -0.2) is 78.0 Å². The number of benzene rings is 2. The van der Waals surface area contributed by atoms with E-state index in [1.807, 2.05) is 25.1 Å². The summed E-state index contributed by atoms with van der Waals surface area (Å²) in [6, 6.07) is 11.3. The van der Waals surface area contributed by atoms with Crippen molar-refractivity contribution < 1.29 is 27.9 Å². The normalized spacial score (nSPS) is 20.1. The number of aryl methyl sites for hydroxylation is 1. The standard InChI is InChI=1S/C26H29F3N4O3S/c1-17-30-24-12-19(6-7-25(24)37-17)35-16-18(34)14-32-8-10-33(11-9-32)15-20-13-23(31-36-20)21-4-2-3-5-22(21)26(27,28)29/h2-7,12-13,18,20,31,34H,8-11,14-16H2,1H3/t18-,20-/m1/s1. The SMILES string of the molecule is Cc1nc2cc(OC[C@H](O)CN3CCN(C[C@H]4C=C(c5ccccc5C(F)(F)F)NO4)CC3)ccc2s1. The number of aliphatic hydroxyl groups is 1. The summed E-state index contributed by atoms with van der Waals surface area (Å²) in [4.78, 5) is 14.4. The van der Waals surface area contributed by atoms with Crippen LogP contribution in [0.2, 0.25) is 0 Å². The lowest BCUT2D eigenvalue weighted by Gasteiger charge is -2.36. The average Bonchev–Trinajstić information content (AvgIpc) is 3.48. The summed E-state index contributed by atoms with van der Waals surface area (Å²) in [6.45, 7) is 6.34. The van der Waals surface area contributed by atoms with Crippen LogP contribution >= 0.6 is 11.3 Å². The molecule has 0 spiro atoms. The molecule has 2 atom stereocenters. The Bertz CT molecular complexity index is 1260. The second-order valence-electron chi connectivity index (χ2n) is 9.31. The summed E-state index contributed by atoms with van der Waals surface area (Å²) in [5.74, 6) is 0.692. The van der Waals surface area contributed by atoms with E-state index in [1.165, 1.54) is 12.1 Å². The molecule has 0 bridgehead atoms. The molecule has 2 aromatic carbocycles. The van der Waals surface area contributed by atoms with Crippen LogP contribution in [0.25, 0.3) is 15.9 Å². The third-order valence-electron chi connectivity index (χ3n) is 6.48. The molecule has 198 valence electrons. The van der Waals surface area contributed by atoms with Gasteiger partial charge in [0.15, 0.2) is 0 Å². The van der Waals surface area contributed by atoms with Gasteiger partial charge in [0.25, 0.3) is 0 Å². The van der Waals surface area contributed by atoms with Gasteiger partial charge in [-0.1, -0.05) is 18.2 Å². The van der Waals surface area contributed by atoms with Crippen LogP contribution in [0.4, 0.5) is 13.2 Å². The maximum Gasteiger partial charge on any atom is 0.417 e. The molecule has 0 radical (unpaired) electrons. The van der Waals surface area contributed by atoms with Crippen molar-refractivity contribution in [3.63, 3.8) is 0 Å². The predicted octanol–water partition coefficient (Wildman–Crippen LogP) is 3.93. The lowest BCUT2D eigenvalue weighted by atomic mass is 10.0. The second kappa shape index (κ2) is 11.0. The van der Waals surface area contributed by atoms with Crippen molar-refractivity contribution in [2.75, 3.05) is 45.9 Å². The molecule has 0 aliphatic carbocycles. The fourth-order valence-electron chi connectivity index (χ4n) is 4.66. The van der Waals surface area contributed by atoms with Crippen LogP contribution in [0.5, 0.6) is 5.75 Å². The van der Waals surface area contributed by atoms with E-state index in [1.54, 1.807) is 23.5 Å². The Balaban J connectivity index is 1.07. The largest absolute Gasteiger partial charge is 0.491 e. The van der Waals surface area contributed by atoms with Gasteiger partial charge in [0.1, 0.15) is 24.6 Å². The molecule has 11 heteroatoms. The van der Waals surface area contributed by atoms with Gasteiger partial charge in [-0.3, -0.25) is 20.1 Å². The Morgan fingerprint density at radius 1 is 1.16 bits per heavy atom. The molecule has 0 unspecified atom stereocenters. The summed E-state index contributed by atoms with van der Waals surface area (Å²) < 4.78 is 47.0. The van der Waals surface area contributed by atoms with Gasteiger partial charge in [-0.2, -0.15) is 13.2 Å². The van der Waals surface area contributed by atoms with Crippen LogP contribution in [0.3, 0.4) is 0 Å². The van der Waals surface area contributed by atoms with Gasteiger partial charge in [0, 0.05) is 50.9 Å². The molecule has 1 aromatic heterocycles. The van der Waals surface area contributed by atoms with E-state index in [4.69, 9.17) is 9.57 Å². The first-order valence-corrected chi connectivity index (χ1v) is 13.0. The number of aromatic nitrogens is 1. The molecule has 1 saturated heterocycles. The monoisotopic (exact) mass is 534 g/mol. The van der Waals surface area contributed by atoms with Gasteiger partial charge < -0.3 is 9.84 Å². The van der Waals surface area contributed by atoms with Gasteiger partial charge >= 0.3 is 6.18 Å². The second-order valence-corrected chi connectivity index (χ2v) is 10.5. The lowest BCUT2D eigenvalue weighted by molar-refractivity contribution is -0.137. The van der Waals surface area contributed by atoms with Crippen LogP contribution < -0.4 is 10.2 Å². The Hall–Kier alpha value is -2.70. The molecule has 7 nitrogen and oxygen atoms in total. The number of piperazine rings is 1. The maximum absolute atomic E-state index is 13.4. The highest BCUT2D eigenvalue weighted by Crippen LogP contribution is 2.35. The van der Waals surface area contributed by atoms with E-state index >= 15 is 0 Å². The van der Waals surface area contributed by atoms with Gasteiger partial charge in [-0.15, -0.1) is 11.3 Å². The molecule has 0 amide bonds. The summed E-state index contributed by atoms with van der Waals surface area (Å²) in [6.07, 6.45) is -3.69. The Morgan fingerprint density at radius 3 is 2.70 bits per heavy atom. The molecule has 2 aliphatic heterocycles. The first-order valence-electron chi connectivity index (χ1n) is 12.2. The molecule has 3 aromatic rings. The quantitative estimate of drug-likeness (QED) is 0.454. The van der Waals surface area contributed by atoms with Crippen LogP contribution in [0.1, 0.15) is 16.1 Å². The smallest absolute Gasteiger partial charge is 0.417 e. The van der Waals surface area contributed by atoms with E-state index in [-0.39, 0.29) is 18.3 Å². The summed E-state index contributed by atoms with van der Waals surface area (Å²) >= 11 is 1.64. The average molecular weight is 535 g/mol. The fraction of sp³-hybridized carbons (Fsp3) is 0.423. The first kappa shape index (κ1) is 25.9. The molecule has 0 saturated carbocycles. The fourth-order valence-corrected chi connectivity index (χ4v) is 5.46. The van der Waals surface area contributed by atoms with E-state index in [0.717, 1.165) is 47.5 Å². The Kier molecular flexibility index (Phi) is 7.68. The number of ether oxygens (including phenoxy) is 1. The van der Waals surface area contributed by atoms with Crippen molar-refractivity contribution in [1.82, 2.24) is 20.3 Å². The molecule has 2 aliphatic rings. The third-order valence-corrected chi connectivity index (χ3v) is 7.43. The molecule has 2 N–H and O–H groups in total. The minimum Gasteiger partial charge on any atom is -0.491 e. The van der Waals surface area contributed by atoms with Crippen molar-refractivity contribution >= 4 is 27.3 Å². The molecular weight excluding hydrogens is 505 g/mol. The Labute approximate surface area is 217 Å². The van der Waals surface area contributed by atoms with Crippen molar-refractivity contribution in [2.24, 2.45) is 0 Å². The van der Waals surface area contributed by atoms with E-state index < -0.39 is 17.8 Å². The number of hydrogen-bond acceptors (Lipinski definition) is 8. The number of alkyl halides is 3. The lowest BCUT2D eigenvalue weighted by Crippen LogP contribution is -2.50. The molecule has 37 heavy (non-hydrogen) atoms. The zero-order valence-corrected chi connectivity index (χ0v) is 21.2. The number of hydrogen-bond donors (Lipinski definition) is 2. The number of rotatable bonds is 8. The van der Waals surface area contributed by atoms with Gasteiger partial charge in [-0.25, -0.2) is 4.98 Å². The van der Waals surface area contributed by atoms with Gasteiger partial charge in [0.2, 0.25) is 0 Å². The number of aliphatic hydroxyl groups excluding tert-OH is 1. The van der Waals surface area contributed by atoms with E-state index in [9.17, 15) is 18.3 Å². The van der Waals surface area contributed by atoms with Crippen LogP contribution in [0.15, 0.2) is 48.5 Å². The minimum atomic E-state index is -4.43. The van der Waals surface area contributed by atoms with Crippen molar-refractivity contribution in [3.05, 3.63) is 64.7 Å². The van der Waals surface area contributed by atoms with Crippen molar-refractivity contribution in [1.29, 1.82) is 0 Å². The number of β-amino-alcohol motifs (C(OH)–C–C–N with tert-alkyl or cyclic N) is 1. The highest BCUT2D eigenvalue weighted by atomic mass is 32.1. The van der Waals surface area contributed by atoms with E-state index in [2.05, 4.69) is 20.3 Å². The number of thiazole rings is 1. The molecular formula is C26H29F3N4O3S. The molecule has 3 heterocycles. The Morgan fingerprint density at radius 2 is 1.92 bits per heavy atom. The van der Waals surface area contributed by atoms with Crippen LogP contribution in [0, 0.1) is 6.92 Å². The predicted molar refractivity (Wildman–Crippen MR) is 136 cm³/mol. The highest BCUT2D eigenvalue weighted by Gasteiger charge is 2.35. The maximum atomic E-state index is 13.4. The number of fused-ring (bicyclic) bond motifs is 1. The number of halogens is 3. The molecule has 5 rings (SSSR count). The number of nitrogens with one attached hydrogen (secondary N) is 1. The van der Waals surface area contributed by atoms with Gasteiger partial charge in [0.05, 0.1) is 26.5 Å². The third kappa shape index (κ3) is 6.42. The number of hydroxylamine groups is 1. The first-order chi connectivity index (χ1) is 17.7. The summed E-state index contributed by atoms with van der Waals surface area (Å²) in [7, 11) is 0. The summed E-state index contributed by atoms with van der Waals surface area (Å²) in [5.41, 5.74) is 3.31. The van der Waals surface area contributed by atoms with Crippen molar-refractivity contribution in [3.8, 4) is 5.75 Å². The zero-order chi connectivity index (χ0) is 26.0. The number of nitrogens with zero attached hydrogens (tertiary/aromatic N) is 3. The van der Waals surface area contributed by atoms with E-state index in [0.29, 0.717) is 24.5 Å². The highest BCUT2D eigenvalue weighted by molar-refractivity contribution is 7.18. The summed E-state index contributed by atoms with van der Waals surface area (Å²) in [5, 5.41) is 11.5. The van der Waals surface area contributed by atoms with Gasteiger partial charge in [-0.05, 0) is 31.2 Å². The van der Waals surface area contributed by atoms with Crippen molar-refractivity contribution in [2.45, 2.75) is 25.3 Å².